The van der Waals surface area contributed by atoms with E-state index in [2.05, 4.69) is 28.2 Å². The quantitative estimate of drug-likeness (QED) is 0.405. The number of nitrogens with zero attached hydrogens (tertiary/aromatic N) is 3. The van der Waals surface area contributed by atoms with Crippen molar-refractivity contribution < 1.29 is 4.79 Å². The number of anilines is 2. The van der Waals surface area contributed by atoms with E-state index in [1.54, 1.807) is 18.5 Å². The first-order valence-corrected chi connectivity index (χ1v) is 10.2. The van der Waals surface area contributed by atoms with Crippen LogP contribution in [0.15, 0.2) is 66.0 Å². The molecule has 0 radical (unpaired) electrons. The second kappa shape index (κ2) is 8.20. The monoisotopic (exact) mass is 417 g/mol. The number of imidazole rings is 1. The number of benzene rings is 2. The molecular weight excluding hydrogens is 394 g/mol. The molecule has 7 heteroatoms. The summed E-state index contributed by atoms with van der Waals surface area (Å²) >= 11 is 4.66. The summed E-state index contributed by atoms with van der Waals surface area (Å²) in [6, 6.07) is 13.6. The van der Waals surface area contributed by atoms with E-state index in [0.29, 0.717) is 5.56 Å². The van der Waals surface area contributed by atoms with Gasteiger partial charge in [-0.05, 0) is 50.6 Å². The van der Waals surface area contributed by atoms with Crippen molar-refractivity contribution in [1.29, 1.82) is 0 Å². The minimum Gasteiger partial charge on any atom is -0.350 e. The fourth-order valence-corrected chi connectivity index (χ4v) is 3.66. The highest BCUT2D eigenvalue weighted by Gasteiger charge is 2.17. The van der Waals surface area contributed by atoms with E-state index >= 15 is 0 Å². The van der Waals surface area contributed by atoms with E-state index in [0.717, 1.165) is 38.9 Å². The van der Waals surface area contributed by atoms with Crippen molar-refractivity contribution >= 4 is 35.7 Å². The summed E-state index contributed by atoms with van der Waals surface area (Å²) in [5.74, 6) is 0.681. The van der Waals surface area contributed by atoms with Crippen LogP contribution in [0.3, 0.4) is 0 Å². The highest BCUT2D eigenvalue weighted by atomic mass is 32.1. The van der Waals surface area contributed by atoms with Gasteiger partial charge in [-0.25, -0.2) is 4.98 Å². The third kappa shape index (κ3) is 4.02. The Hall–Kier alpha value is -3.32. The van der Waals surface area contributed by atoms with Crippen LogP contribution in [-0.4, -0.2) is 26.3 Å². The summed E-state index contributed by atoms with van der Waals surface area (Å²) in [7, 11) is 0. The first-order valence-electron chi connectivity index (χ1n) is 9.72. The van der Waals surface area contributed by atoms with Gasteiger partial charge in [-0.15, -0.1) is 12.6 Å². The van der Waals surface area contributed by atoms with Crippen LogP contribution in [0.4, 0.5) is 11.5 Å². The molecule has 0 saturated heterocycles. The van der Waals surface area contributed by atoms with E-state index < -0.39 is 0 Å². The summed E-state index contributed by atoms with van der Waals surface area (Å²) in [5, 5.41) is 6.37. The van der Waals surface area contributed by atoms with Gasteiger partial charge < -0.3 is 10.6 Å². The molecule has 2 N–H and O–H groups in total. The molecule has 0 unspecified atom stereocenters. The molecule has 0 saturated carbocycles. The summed E-state index contributed by atoms with van der Waals surface area (Å²) in [6.45, 7) is 5.91. The van der Waals surface area contributed by atoms with Crippen molar-refractivity contribution in [3.05, 3.63) is 72.2 Å². The molecular formula is C23H23N5OS. The summed E-state index contributed by atoms with van der Waals surface area (Å²) < 4.78 is 1.94. The number of fused-ring (bicyclic) bond motifs is 1. The molecule has 4 rings (SSSR count). The number of hydrogen-bond acceptors (Lipinski definition) is 5. The predicted octanol–water partition coefficient (Wildman–Crippen LogP) is 4.88. The zero-order valence-corrected chi connectivity index (χ0v) is 17.9. The Kier molecular flexibility index (Phi) is 5.46. The molecule has 0 bridgehead atoms. The Morgan fingerprint density at radius 1 is 1.17 bits per heavy atom. The van der Waals surface area contributed by atoms with E-state index in [1.807, 2.05) is 67.8 Å². The molecule has 0 spiro atoms. The van der Waals surface area contributed by atoms with Crippen LogP contribution in [0, 0.1) is 6.92 Å². The van der Waals surface area contributed by atoms with Gasteiger partial charge in [0.25, 0.3) is 5.91 Å². The average molecular weight is 418 g/mol. The van der Waals surface area contributed by atoms with E-state index in [1.165, 1.54) is 0 Å². The second-order valence-electron chi connectivity index (χ2n) is 7.47. The van der Waals surface area contributed by atoms with E-state index in [-0.39, 0.29) is 11.9 Å². The van der Waals surface area contributed by atoms with Crippen molar-refractivity contribution in [3.8, 4) is 11.3 Å². The van der Waals surface area contributed by atoms with Crippen LogP contribution in [0.25, 0.3) is 16.9 Å². The zero-order valence-electron chi connectivity index (χ0n) is 17.0. The normalized spacial score (nSPS) is 11.1. The molecule has 2 heterocycles. The van der Waals surface area contributed by atoms with Crippen LogP contribution in [0.5, 0.6) is 0 Å². The van der Waals surface area contributed by atoms with Gasteiger partial charge in [-0.1, -0.05) is 18.2 Å². The van der Waals surface area contributed by atoms with Crippen LogP contribution >= 0.6 is 12.6 Å². The fourth-order valence-electron chi connectivity index (χ4n) is 3.28. The largest absolute Gasteiger partial charge is 0.350 e. The predicted molar refractivity (Wildman–Crippen MR) is 123 cm³/mol. The Morgan fingerprint density at radius 2 is 2.00 bits per heavy atom. The molecule has 4 aromatic rings. The maximum Gasteiger partial charge on any atom is 0.251 e. The van der Waals surface area contributed by atoms with Crippen LogP contribution in [-0.2, 0) is 0 Å². The first-order chi connectivity index (χ1) is 14.4. The minimum absolute atomic E-state index is 0.0716. The Morgan fingerprint density at radius 3 is 2.77 bits per heavy atom. The molecule has 0 atom stereocenters. The maximum absolute atomic E-state index is 12.4. The number of hydrogen-bond donors (Lipinski definition) is 3. The SMILES string of the molecule is Cc1ccc(-c2nc3cnccn3c2Nc2cccc(C(=O)NC(C)C)c2)c(S)c1. The van der Waals surface area contributed by atoms with Crippen molar-refractivity contribution in [3.63, 3.8) is 0 Å². The second-order valence-corrected chi connectivity index (χ2v) is 7.95. The Balaban J connectivity index is 1.79. The van der Waals surface area contributed by atoms with Gasteiger partial charge >= 0.3 is 0 Å². The van der Waals surface area contributed by atoms with Gasteiger partial charge in [0.05, 0.1) is 6.20 Å². The number of thiol groups is 1. The number of rotatable bonds is 5. The third-order valence-electron chi connectivity index (χ3n) is 4.65. The highest BCUT2D eigenvalue weighted by molar-refractivity contribution is 7.80. The number of aryl methyl sites for hydroxylation is 1. The first kappa shape index (κ1) is 20.0. The summed E-state index contributed by atoms with van der Waals surface area (Å²) in [5.41, 5.74) is 4.92. The Bertz CT molecular complexity index is 1230. The fraction of sp³-hybridized carbons (Fsp3) is 0.174. The van der Waals surface area contributed by atoms with Crippen LogP contribution in [0.2, 0.25) is 0 Å². The number of amides is 1. The number of carbonyl (C=O) groups is 1. The molecule has 2 aromatic carbocycles. The van der Waals surface area contributed by atoms with Gasteiger partial charge in [0.2, 0.25) is 0 Å². The molecule has 1 amide bonds. The minimum atomic E-state index is -0.104. The molecule has 6 nitrogen and oxygen atoms in total. The zero-order chi connectivity index (χ0) is 21.3. The van der Waals surface area contributed by atoms with Gasteiger partial charge in [-0.3, -0.25) is 14.2 Å². The van der Waals surface area contributed by atoms with E-state index in [9.17, 15) is 4.79 Å². The lowest BCUT2D eigenvalue weighted by Crippen LogP contribution is -2.30. The van der Waals surface area contributed by atoms with Crippen molar-refractivity contribution in [2.75, 3.05) is 5.32 Å². The third-order valence-corrected chi connectivity index (χ3v) is 5.02. The van der Waals surface area contributed by atoms with Gasteiger partial charge in [0.15, 0.2) is 5.65 Å². The number of aromatic nitrogens is 3. The molecule has 0 aliphatic rings. The lowest BCUT2D eigenvalue weighted by atomic mass is 10.1. The molecule has 2 aromatic heterocycles. The van der Waals surface area contributed by atoms with E-state index in [4.69, 9.17) is 4.98 Å². The van der Waals surface area contributed by atoms with Crippen molar-refractivity contribution in [2.24, 2.45) is 0 Å². The maximum atomic E-state index is 12.4. The average Bonchev–Trinajstić information content (AvgIpc) is 3.06. The number of nitrogens with one attached hydrogen (secondary N) is 2. The van der Waals surface area contributed by atoms with Crippen molar-refractivity contribution in [2.45, 2.75) is 31.7 Å². The van der Waals surface area contributed by atoms with Crippen LogP contribution < -0.4 is 10.6 Å². The summed E-state index contributed by atoms with van der Waals surface area (Å²) in [6.07, 6.45) is 5.29. The van der Waals surface area contributed by atoms with Gasteiger partial charge in [0, 0.05) is 40.1 Å². The molecule has 30 heavy (non-hydrogen) atoms. The smallest absolute Gasteiger partial charge is 0.251 e. The number of carbonyl (C=O) groups excluding carboxylic acids is 1. The molecule has 0 fully saturated rings. The Labute approximate surface area is 180 Å². The standard InChI is InChI=1S/C23H23N5OS/c1-14(2)25-23(29)16-5-4-6-17(12-16)26-22-21(18-8-7-15(3)11-19(18)30)27-20-13-24-9-10-28(20)22/h4-14,26,30H,1-3H3,(H,25,29). The lowest BCUT2D eigenvalue weighted by molar-refractivity contribution is 0.0943. The molecule has 152 valence electrons. The van der Waals surface area contributed by atoms with Gasteiger partial charge in [0.1, 0.15) is 11.5 Å². The topological polar surface area (TPSA) is 71.3 Å². The summed E-state index contributed by atoms with van der Waals surface area (Å²) in [4.78, 5) is 22.2. The van der Waals surface area contributed by atoms with Gasteiger partial charge in [-0.2, -0.15) is 0 Å². The van der Waals surface area contributed by atoms with Crippen molar-refractivity contribution in [1.82, 2.24) is 19.7 Å². The van der Waals surface area contributed by atoms with Crippen LogP contribution in [0.1, 0.15) is 29.8 Å². The molecule has 0 aliphatic carbocycles. The highest BCUT2D eigenvalue weighted by Crippen LogP contribution is 2.34. The molecule has 0 aliphatic heterocycles. The lowest BCUT2D eigenvalue weighted by Gasteiger charge is -2.12.